The van der Waals surface area contributed by atoms with E-state index in [0.717, 1.165) is 31.8 Å². The number of hydrogen-bond acceptors (Lipinski definition) is 3. The maximum absolute atomic E-state index is 11.9. The lowest BCUT2D eigenvalue weighted by Gasteiger charge is -2.37. The van der Waals surface area contributed by atoms with E-state index < -0.39 is 0 Å². The first kappa shape index (κ1) is 13.1. The monoisotopic (exact) mass is 250 g/mol. The molecule has 1 unspecified atom stereocenters. The van der Waals surface area contributed by atoms with Gasteiger partial charge in [0.15, 0.2) is 0 Å². The van der Waals surface area contributed by atoms with Crippen LogP contribution in [0.2, 0.25) is 0 Å². The molecule has 1 N–H and O–H groups in total. The van der Waals surface area contributed by atoms with Crippen LogP contribution >= 0.6 is 24.2 Å². The average molecular weight is 251 g/mol. The maximum Gasteiger partial charge on any atom is 0.239 e. The minimum Gasteiger partial charge on any atom is -0.339 e. The predicted molar refractivity (Wildman–Crippen MR) is 66.8 cm³/mol. The lowest BCUT2D eigenvalue weighted by Crippen LogP contribution is -2.56. The molecule has 2 rings (SSSR count). The Kier molecular flexibility index (Phi) is 5.23. The molecule has 2 aliphatic rings. The van der Waals surface area contributed by atoms with Crippen LogP contribution in [0.4, 0.5) is 0 Å². The lowest BCUT2D eigenvalue weighted by atomic mass is 10.1. The molecule has 2 heterocycles. The van der Waals surface area contributed by atoms with Crippen LogP contribution in [0.15, 0.2) is 0 Å². The number of carbonyl (C=O) groups is 1. The summed E-state index contributed by atoms with van der Waals surface area (Å²) in [6.07, 6.45) is 2.20. The van der Waals surface area contributed by atoms with Gasteiger partial charge in [-0.15, -0.1) is 12.4 Å². The van der Waals surface area contributed by atoms with Crippen molar-refractivity contribution in [2.75, 3.05) is 25.4 Å². The topological polar surface area (TPSA) is 32.3 Å². The Bertz CT molecular complexity index is 223. The molecule has 0 bridgehead atoms. The van der Waals surface area contributed by atoms with Crippen molar-refractivity contribution >= 4 is 30.1 Å². The van der Waals surface area contributed by atoms with E-state index in [2.05, 4.69) is 12.2 Å². The molecule has 0 aromatic rings. The summed E-state index contributed by atoms with van der Waals surface area (Å²) in [6.45, 7) is 5.11. The Labute approximate surface area is 102 Å². The van der Waals surface area contributed by atoms with Crippen LogP contribution in [-0.2, 0) is 4.79 Å². The summed E-state index contributed by atoms with van der Waals surface area (Å²) >= 11 is 2.01. The average Bonchev–Trinajstić information content (AvgIpc) is 2.15. The zero-order valence-electron chi connectivity index (χ0n) is 9.07. The van der Waals surface area contributed by atoms with Gasteiger partial charge in [0.2, 0.25) is 5.91 Å². The highest BCUT2D eigenvalue weighted by Gasteiger charge is 2.31. The summed E-state index contributed by atoms with van der Waals surface area (Å²) < 4.78 is 0. The number of halogens is 1. The van der Waals surface area contributed by atoms with Gasteiger partial charge in [-0.1, -0.05) is 6.92 Å². The zero-order valence-corrected chi connectivity index (χ0v) is 10.7. The maximum atomic E-state index is 11.9. The molecule has 2 saturated heterocycles. The largest absolute Gasteiger partial charge is 0.339 e. The van der Waals surface area contributed by atoms with E-state index in [-0.39, 0.29) is 18.4 Å². The van der Waals surface area contributed by atoms with Crippen LogP contribution in [0.5, 0.6) is 0 Å². The first-order valence-electron chi connectivity index (χ1n) is 5.45. The minimum atomic E-state index is 0. The highest BCUT2D eigenvalue weighted by Crippen LogP contribution is 2.22. The molecule has 2 aliphatic heterocycles. The normalized spacial score (nSPS) is 30.3. The second-order valence-corrected chi connectivity index (χ2v) is 5.39. The molecule has 0 radical (unpaired) electrons. The Morgan fingerprint density at radius 3 is 2.87 bits per heavy atom. The predicted octanol–water partition coefficient (Wildman–Crippen LogP) is 1.12. The van der Waals surface area contributed by atoms with Crippen LogP contribution < -0.4 is 5.32 Å². The van der Waals surface area contributed by atoms with Crippen molar-refractivity contribution in [3.8, 4) is 0 Å². The molecule has 88 valence electrons. The Morgan fingerprint density at radius 2 is 2.33 bits per heavy atom. The van der Waals surface area contributed by atoms with Gasteiger partial charge < -0.3 is 10.2 Å². The van der Waals surface area contributed by atoms with Gasteiger partial charge in [-0.05, 0) is 19.4 Å². The van der Waals surface area contributed by atoms with E-state index in [4.69, 9.17) is 0 Å². The van der Waals surface area contributed by atoms with Crippen molar-refractivity contribution in [3.05, 3.63) is 0 Å². The van der Waals surface area contributed by atoms with E-state index in [9.17, 15) is 4.79 Å². The van der Waals surface area contributed by atoms with Crippen molar-refractivity contribution in [1.82, 2.24) is 10.2 Å². The lowest BCUT2D eigenvalue weighted by molar-refractivity contribution is -0.135. The molecule has 0 spiro atoms. The van der Waals surface area contributed by atoms with Gasteiger partial charge in [0, 0.05) is 24.1 Å². The molecule has 0 aromatic heterocycles. The number of rotatable bonds is 2. The molecule has 5 heteroatoms. The van der Waals surface area contributed by atoms with Crippen molar-refractivity contribution in [3.63, 3.8) is 0 Å². The van der Waals surface area contributed by atoms with E-state index in [0.29, 0.717) is 11.2 Å². The Morgan fingerprint density at radius 1 is 1.60 bits per heavy atom. The van der Waals surface area contributed by atoms with Gasteiger partial charge in [-0.25, -0.2) is 0 Å². The van der Waals surface area contributed by atoms with Gasteiger partial charge in [0.25, 0.3) is 0 Å². The number of nitrogens with one attached hydrogen (secondary N) is 1. The fraction of sp³-hybridized carbons (Fsp3) is 0.900. The SMILES string of the molecule is CCC1CN(C(=O)[C@H]2CCN2)CCS1.Cl. The van der Waals surface area contributed by atoms with E-state index in [1.54, 1.807) is 0 Å². The summed E-state index contributed by atoms with van der Waals surface area (Å²) in [4.78, 5) is 13.9. The van der Waals surface area contributed by atoms with Crippen LogP contribution in [0, 0.1) is 0 Å². The summed E-state index contributed by atoms with van der Waals surface area (Å²) in [7, 11) is 0. The summed E-state index contributed by atoms with van der Waals surface area (Å²) in [5, 5.41) is 3.84. The Hall–Kier alpha value is 0.0700. The molecule has 2 atom stereocenters. The number of hydrogen-bond donors (Lipinski definition) is 1. The third kappa shape index (κ3) is 3.02. The molecule has 0 aromatic carbocycles. The molecule has 15 heavy (non-hydrogen) atoms. The van der Waals surface area contributed by atoms with Crippen LogP contribution in [0.3, 0.4) is 0 Å². The van der Waals surface area contributed by atoms with Gasteiger partial charge in [0.05, 0.1) is 6.04 Å². The van der Waals surface area contributed by atoms with Crippen molar-refractivity contribution < 1.29 is 4.79 Å². The molecule has 3 nitrogen and oxygen atoms in total. The summed E-state index contributed by atoms with van der Waals surface area (Å²) in [5.41, 5.74) is 0. The van der Waals surface area contributed by atoms with Crippen molar-refractivity contribution in [2.45, 2.75) is 31.1 Å². The van der Waals surface area contributed by atoms with Gasteiger partial charge in [-0.2, -0.15) is 11.8 Å². The zero-order chi connectivity index (χ0) is 9.97. The van der Waals surface area contributed by atoms with Crippen molar-refractivity contribution in [2.24, 2.45) is 0 Å². The number of carbonyl (C=O) groups excluding carboxylic acids is 1. The summed E-state index contributed by atoms with van der Waals surface area (Å²) in [5.74, 6) is 1.44. The highest BCUT2D eigenvalue weighted by atomic mass is 35.5. The summed E-state index contributed by atoms with van der Waals surface area (Å²) in [6, 6.07) is 0.135. The fourth-order valence-corrected chi connectivity index (χ4v) is 3.07. The van der Waals surface area contributed by atoms with Crippen LogP contribution in [0.25, 0.3) is 0 Å². The minimum absolute atomic E-state index is 0. The molecule has 0 saturated carbocycles. The third-order valence-corrected chi connectivity index (χ3v) is 4.40. The van der Waals surface area contributed by atoms with Crippen LogP contribution in [0.1, 0.15) is 19.8 Å². The smallest absolute Gasteiger partial charge is 0.239 e. The fourth-order valence-electron chi connectivity index (χ4n) is 1.89. The Balaban J connectivity index is 0.00000112. The van der Waals surface area contributed by atoms with Gasteiger partial charge in [-0.3, -0.25) is 4.79 Å². The molecular formula is C10H19ClN2OS. The molecule has 2 fully saturated rings. The molecule has 0 aliphatic carbocycles. The quantitative estimate of drug-likeness (QED) is 0.798. The first-order valence-corrected chi connectivity index (χ1v) is 6.50. The molecular weight excluding hydrogens is 232 g/mol. The number of thioether (sulfide) groups is 1. The van der Waals surface area contributed by atoms with E-state index >= 15 is 0 Å². The third-order valence-electron chi connectivity index (χ3n) is 3.03. The second-order valence-electron chi connectivity index (χ2n) is 3.98. The van der Waals surface area contributed by atoms with Gasteiger partial charge >= 0.3 is 0 Å². The highest BCUT2D eigenvalue weighted by molar-refractivity contribution is 8.00. The second kappa shape index (κ2) is 5.97. The van der Waals surface area contributed by atoms with Crippen molar-refractivity contribution in [1.29, 1.82) is 0 Å². The van der Waals surface area contributed by atoms with E-state index in [1.807, 2.05) is 16.7 Å². The first-order chi connectivity index (χ1) is 6.81. The molecule has 1 amide bonds. The van der Waals surface area contributed by atoms with Gasteiger partial charge in [0.1, 0.15) is 0 Å². The van der Waals surface area contributed by atoms with E-state index in [1.165, 1.54) is 6.42 Å². The standard InChI is InChI=1S/C10H18N2OS.ClH/c1-2-8-7-12(5-6-14-8)10(13)9-3-4-11-9;/h8-9,11H,2-7H2,1H3;1H/t8?,9-;/m1./s1. The number of nitrogens with zero attached hydrogens (tertiary/aromatic N) is 1. The number of amides is 1. The van der Waals surface area contributed by atoms with Crippen LogP contribution in [-0.4, -0.2) is 47.5 Å².